The molecular formula is C5H8INO. The summed E-state index contributed by atoms with van der Waals surface area (Å²) in [6.45, 7) is 5.17. The Morgan fingerprint density at radius 3 is 2.12 bits per heavy atom. The van der Waals surface area contributed by atoms with Crippen molar-refractivity contribution >= 4 is 28.8 Å². The van der Waals surface area contributed by atoms with Crippen molar-refractivity contribution in [1.29, 1.82) is 0 Å². The van der Waals surface area contributed by atoms with E-state index in [1.54, 1.807) is 14.0 Å². The molecule has 0 aromatic heterocycles. The van der Waals surface area contributed by atoms with Gasteiger partial charge in [-0.2, -0.15) is 0 Å². The maximum absolute atomic E-state index is 10.7. The minimum Gasteiger partial charge on any atom is -0.284 e. The Labute approximate surface area is 63.0 Å². The van der Waals surface area contributed by atoms with Crippen molar-refractivity contribution in [3.8, 4) is 0 Å². The Kier molecular flexibility index (Phi) is 3.04. The second-order valence-electron chi connectivity index (χ2n) is 1.56. The highest BCUT2D eigenvalue weighted by molar-refractivity contribution is 14.1. The van der Waals surface area contributed by atoms with E-state index in [1.165, 1.54) is 3.11 Å². The van der Waals surface area contributed by atoms with Crippen LogP contribution in [0, 0.1) is 0 Å². The number of likely N-dealkylation sites (N-methyl/N-ethyl adjacent to an activating group) is 1. The van der Waals surface area contributed by atoms with Crippen LogP contribution in [0.4, 0.5) is 0 Å². The van der Waals surface area contributed by atoms with Crippen molar-refractivity contribution in [2.45, 2.75) is 6.92 Å². The van der Waals surface area contributed by atoms with Gasteiger partial charge in [0.1, 0.15) is 0 Å². The summed E-state index contributed by atoms with van der Waals surface area (Å²) < 4.78 is 1.47. The van der Waals surface area contributed by atoms with Gasteiger partial charge in [-0.15, -0.1) is 0 Å². The summed E-state index contributed by atoms with van der Waals surface area (Å²) in [5.41, 5.74) is 0.571. The number of rotatable bonds is 1. The second kappa shape index (κ2) is 3.06. The number of amides is 1. The van der Waals surface area contributed by atoms with Crippen molar-refractivity contribution in [2.75, 3.05) is 7.05 Å². The molecule has 0 spiro atoms. The van der Waals surface area contributed by atoms with Crippen molar-refractivity contribution in [3.05, 3.63) is 12.2 Å². The number of nitrogens with zero attached hydrogens (tertiary/aromatic N) is 1. The number of hydrogen-bond acceptors (Lipinski definition) is 1. The standard InChI is InChI=1S/C5H8INO/c1-4(2)5(8)7(3)6/h1H2,2-3H3. The number of halogens is 1. The van der Waals surface area contributed by atoms with Gasteiger partial charge in [-0.3, -0.25) is 7.91 Å². The van der Waals surface area contributed by atoms with E-state index in [0.717, 1.165) is 0 Å². The van der Waals surface area contributed by atoms with Crippen LogP contribution in [0.5, 0.6) is 0 Å². The summed E-state index contributed by atoms with van der Waals surface area (Å²) in [6.07, 6.45) is 0. The third-order valence-electron chi connectivity index (χ3n) is 0.645. The highest BCUT2D eigenvalue weighted by Gasteiger charge is 2.02. The highest BCUT2D eigenvalue weighted by atomic mass is 127. The van der Waals surface area contributed by atoms with Crippen molar-refractivity contribution < 1.29 is 4.79 Å². The van der Waals surface area contributed by atoms with Gasteiger partial charge in [0.05, 0.1) is 22.9 Å². The summed E-state index contributed by atoms with van der Waals surface area (Å²) in [5, 5.41) is 0. The van der Waals surface area contributed by atoms with Gasteiger partial charge in [0.2, 0.25) is 0 Å². The number of hydrogen-bond donors (Lipinski definition) is 0. The molecule has 0 aliphatic rings. The highest BCUT2D eigenvalue weighted by Crippen LogP contribution is 1.99. The Bertz CT molecular complexity index is 120. The molecule has 0 aromatic carbocycles. The Morgan fingerprint density at radius 2 is 2.12 bits per heavy atom. The molecule has 2 nitrogen and oxygen atoms in total. The lowest BCUT2D eigenvalue weighted by atomic mass is 10.3. The van der Waals surface area contributed by atoms with Crippen molar-refractivity contribution in [2.24, 2.45) is 0 Å². The molecule has 0 unspecified atom stereocenters. The van der Waals surface area contributed by atoms with Crippen LogP contribution in [0.3, 0.4) is 0 Å². The first-order chi connectivity index (χ1) is 3.55. The van der Waals surface area contributed by atoms with Crippen LogP contribution >= 0.6 is 22.9 Å². The largest absolute Gasteiger partial charge is 0.284 e. The van der Waals surface area contributed by atoms with Gasteiger partial charge in [0, 0.05) is 12.6 Å². The zero-order valence-electron chi connectivity index (χ0n) is 4.94. The lowest BCUT2D eigenvalue weighted by Crippen LogP contribution is -2.15. The SMILES string of the molecule is C=C(C)C(=O)N(C)I. The van der Waals surface area contributed by atoms with Gasteiger partial charge in [0.15, 0.2) is 0 Å². The first kappa shape index (κ1) is 7.94. The van der Waals surface area contributed by atoms with E-state index < -0.39 is 0 Å². The van der Waals surface area contributed by atoms with Gasteiger partial charge in [-0.05, 0) is 6.92 Å². The fourth-order valence-electron chi connectivity index (χ4n) is 0.263. The molecule has 3 heteroatoms. The molecule has 0 saturated carbocycles. The smallest absolute Gasteiger partial charge is 0.257 e. The number of carbonyl (C=O) groups is 1. The van der Waals surface area contributed by atoms with Crippen molar-refractivity contribution in [1.82, 2.24) is 3.11 Å². The molecular weight excluding hydrogens is 217 g/mol. The van der Waals surface area contributed by atoms with Gasteiger partial charge < -0.3 is 0 Å². The lowest BCUT2D eigenvalue weighted by Gasteiger charge is -2.04. The predicted octanol–water partition coefficient (Wildman–Crippen LogP) is 1.37. The second-order valence-corrected chi connectivity index (χ2v) is 3.01. The zero-order valence-corrected chi connectivity index (χ0v) is 7.10. The molecule has 8 heavy (non-hydrogen) atoms. The summed E-state index contributed by atoms with van der Waals surface area (Å²) in [5.74, 6) is -0.0226. The van der Waals surface area contributed by atoms with Crippen LogP contribution in [0.1, 0.15) is 6.92 Å². The van der Waals surface area contributed by atoms with Crippen LogP contribution in [0.25, 0.3) is 0 Å². The van der Waals surface area contributed by atoms with E-state index in [9.17, 15) is 4.79 Å². The Hall–Kier alpha value is -0.0600. The van der Waals surface area contributed by atoms with Crippen molar-refractivity contribution in [3.63, 3.8) is 0 Å². The van der Waals surface area contributed by atoms with E-state index in [2.05, 4.69) is 6.58 Å². The molecule has 0 N–H and O–H groups in total. The molecule has 1 amide bonds. The Balaban J connectivity index is 3.84. The third kappa shape index (κ3) is 2.30. The van der Waals surface area contributed by atoms with E-state index in [4.69, 9.17) is 0 Å². The average molecular weight is 225 g/mol. The fraction of sp³-hybridized carbons (Fsp3) is 0.400. The first-order valence-corrected chi connectivity index (χ1v) is 3.11. The quantitative estimate of drug-likeness (QED) is 0.375. The molecule has 0 aliphatic carbocycles. The molecule has 0 fully saturated rings. The summed E-state index contributed by atoms with van der Waals surface area (Å²) in [7, 11) is 1.69. The maximum atomic E-state index is 10.7. The number of carbonyl (C=O) groups excluding carboxylic acids is 1. The molecule has 0 radical (unpaired) electrons. The van der Waals surface area contributed by atoms with Crippen LogP contribution in [-0.2, 0) is 4.79 Å². The molecule has 0 saturated heterocycles. The topological polar surface area (TPSA) is 20.3 Å². The van der Waals surface area contributed by atoms with E-state index in [0.29, 0.717) is 5.57 Å². The molecule has 0 aliphatic heterocycles. The van der Waals surface area contributed by atoms with E-state index >= 15 is 0 Å². The third-order valence-corrected chi connectivity index (χ3v) is 1.08. The predicted molar refractivity (Wildman–Crippen MR) is 41.6 cm³/mol. The maximum Gasteiger partial charge on any atom is 0.257 e. The summed E-state index contributed by atoms with van der Waals surface area (Å²) in [6, 6.07) is 0. The van der Waals surface area contributed by atoms with Crippen LogP contribution in [0.15, 0.2) is 12.2 Å². The van der Waals surface area contributed by atoms with Crippen LogP contribution in [0.2, 0.25) is 0 Å². The first-order valence-electron chi connectivity index (χ1n) is 2.15. The molecule has 0 heterocycles. The van der Waals surface area contributed by atoms with Gasteiger partial charge in [0.25, 0.3) is 5.91 Å². The minimum atomic E-state index is -0.0226. The average Bonchev–Trinajstić information content (AvgIpc) is 1.64. The Morgan fingerprint density at radius 1 is 1.75 bits per heavy atom. The molecule has 0 bridgehead atoms. The lowest BCUT2D eigenvalue weighted by molar-refractivity contribution is -0.120. The van der Waals surface area contributed by atoms with Gasteiger partial charge in [-0.1, -0.05) is 6.58 Å². The monoisotopic (exact) mass is 225 g/mol. The summed E-state index contributed by atoms with van der Waals surface area (Å²) >= 11 is 1.91. The van der Waals surface area contributed by atoms with E-state index in [1.807, 2.05) is 22.9 Å². The fourth-order valence-corrected chi connectivity index (χ4v) is 0.675. The van der Waals surface area contributed by atoms with E-state index in [-0.39, 0.29) is 5.91 Å². The van der Waals surface area contributed by atoms with Crippen LogP contribution in [-0.4, -0.2) is 16.1 Å². The normalized spacial score (nSPS) is 8.38. The van der Waals surface area contributed by atoms with Gasteiger partial charge >= 0.3 is 0 Å². The zero-order chi connectivity index (χ0) is 6.73. The van der Waals surface area contributed by atoms with Gasteiger partial charge in [-0.25, -0.2) is 0 Å². The van der Waals surface area contributed by atoms with Crippen LogP contribution < -0.4 is 0 Å². The summed E-state index contributed by atoms with van der Waals surface area (Å²) in [4.78, 5) is 10.7. The molecule has 46 valence electrons. The molecule has 0 atom stereocenters. The minimum absolute atomic E-state index is 0.0226. The molecule has 0 aromatic rings. The molecule has 0 rings (SSSR count).